The number of aliphatic hydroxyl groups excluding tert-OH is 1. The third-order valence-corrected chi connectivity index (χ3v) is 8.00. The zero-order valence-electron chi connectivity index (χ0n) is 21.4. The molecule has 0 amide bonds. The minimum Gasteiger partial charge on any atom is -0.462 e. The van der Waals surface area contributed by atoms with Gasteiger partial charge in [-0.3, -0.25) is 9.32 Å². The number of carbonyl (C=O) groups is 1. The Morgan fingerprint density at radius 1 is 1.29 bits per heavy atom. The Morgan fingerprint density at radius 3 is 2.68 bits per heavy atom. The number of alkyl halides is 1. The van der Waals surface area contributed by atoms with Gasteiger partial charge in [-0.25, -0.2) is 14.5 Å². The van der Waals surface area contributed by atoms with Crippen molar-refractivity contribution in [1.82, 2.24) is 19.6 Å². The Morgan fingerprint density at radius 2 is 2.00 bits per heavy atom. The lowest BCUT2D eigenvalue weighted by Crippen LogP contribution is -2.40. The first-order valence-electron chi connectivity index (χ1n) is 12.0. The third kappa shape index (κ3) is 5.96. The van der Waals surface area contributed by atoms with E-state index in [1.807, 2.05) is 0 Å². The molecule has 0 radical (unpaired) electrons. The SMILES string of the molecule is CC(C)OC(=O)[C@H](C)NP(=O)(OC[C@H]1O[C@@H](n2ccc3c(N)ncnc32)[C@](C)(Cl)[C@@H]1O)Oc1ccccc1. The number of aromatic nitrogens is 3. The Kier molecular flexibility index (Phi) is 8.32. The second kappa shape index (κ2) is 11.2. The zero-order valence-corrected chi connectivity index (χ0v) is 23.0. The standard InChI is InChI=1S/C24H31ClN5O7P/c1-14(2)35-22(32)15(3)29-38(33,37-16-8-6-5-7-9-16)34-12-18-19(31)24(4,25)23(36-18)30-11-10-17-20(26)27-13-28-21(17)30/h5-11,13-15,18-19,23,31H,12H2,1-4H3,(H,29,33)(H2,26,27,28)/t15-,18+,19+,23+,24+,38?/m0/s1. The van der Waals surface area contributed by atoms with E-state index in [1.54, 1.807) is 67.9 Å². The molecule has 2 aromatic heterocycles. The van der Waals surface area contributed by atoms with Gasteiger partial charge in [0, 0.05) is 6.20 Å². The van der Waals surface area contributed by atoms with Crippen molar-refractivity contribution in [1.29, 1.82) is 0 Å². The van der Waals surface area contributed by atoms with E-state index < -0.39 is 43.1 Å². The third-order valence-electron chi connectivity index (χ3n) is 5.94. The van der Waals surface area contributed by atoms with Crippen LogP contribution in [0.3, 0.4) is 0 Å². The number of para-hydroxylation sites is 1. The predicted octanol–water partition coefficient (Wildman–Crippen LogP) is 3.40. The lowest BCUT2D eigenvalue weighted by molar-refractivity contribution is -0.149. The van der Waals surface area contributed by atoms with Gasteiger partial charge in [-0.15, -0.1) is 11.6 Å². The van der Waals surface area contributed by atoms with Crippen LogP contribution in [-0.2, 0) is 23.4 Å². The molecule has 6 atom stereocenters. The highest BCUT2D eigenvalue weighted by Gasteiger charge is 2.54. The minimum absolute atomic E-state index is 0.247. The van der Waals surface area contributed by atoms with Gasteiger partial charge in [0.15, 0.2) is 6.23 Å². The van der Waals surface area contributed by atoms with Crippen LogP contribution in [0.15, 0.2) is 48.9 Å². The summed E-state index contributed by atoms with van der Waals surface area (Å²) in [6, 6.07) is 9.04. The Balaban J connectivity index is 1.54. The van der Waals surface area contributed by atoms with Gasteiger partial charge < -0.3 is 29.4 Å². The molecular weight excluding hydrogens is 537 g/mol. The van der Waals surface area contributed by atoms with Crippen LogP contribution in [0.4, 0.5) is 5.82 Å². The largest absolute Gasteiger partial charge is 0.462 e. The van der Waals surface area contributed by atoms with Gasteiger partial charge in [0.25, 0.3) is 0 Å². The zero-order chi connectivity index (χ0) is 27.7. The Bertz CT molecular complexity index is 1320. The van der Waals surface area contributed by atoms with Crippen LogP contribution in [0, 0.1) is 0 Å². The van der Waals surface area contributed by atoms with Gasteiger partial charge in [-0.2, -0.15) is 5.09 Å². The van der Waals surface area contributed by atoms with Crippen molar-refractivity contribution in [2.45, 2.75) is 63.2 Å². The number of esters is 1. The molecule has 1 fully saturated rings. The van der Waals surface area contributed by atoms with Crippen LogP contribution in [0.2, 0.25) is 0 Å². The summed E-state index contributed by atoms with van der Waals surface area (Å²) >= 11 is 6.76. The number of aliphatic hydroxyl groups is 1. The number of nitrogens with one attached hydrogen (secondary N) is 1. The second-order valence-electron chi connectivity index (χ2n) is 9.38. The molecule has 0 spiro atoms. The highest BCUT2D eigenvalue weighted by molar-refractivity contribution is 7.52. The quantitative estimate of drug-likeness (QED) is 0.187. The second-order valence-corrected chi connectivity index (χ2v) is 11.9. The number of nitrogen functional groups attached to an aromatic ring is 1. The summed E-state index contributed by atoms with van der Waals surface area (Å²) in [5, 5.41) is 14.2. The molecule has 14 heteroatoms. The molecule has 38 heavy (non-hydrogen) atoms. The maximum Gasteiger partial charge on any atom is 0.459 e. The normalized spacial score (nSPS) is 25.8. The maximum absolute atomic E-state index is 13.8. The fraction of sp³-hybridized carbons (Fsp3) is 0.458. The molecule has 0 bridgehead atoms. The van der Waals surface area contributed by atoms with Crippen molar-refractivity contribution in [2.75, 3.05) is 12.3 Å². The molecule has 1 unspecified atom stereocenters. The van der Waals surface area contributed by atoms with Crippen molar-refractivity contribution in [2.24, 2.45) is 0 Å². The van der Waals surface area contributed by atoms with E-state index >= 15 is 0 Å². The first-order valence-corrected chi connectivity index (χ1v) is 13.9. The van der Waals surface area contributed by atoms with Crippen molar-refractivity contribution < 1.29 is 33.0 Å². The first-order chi connectivity index (χ1) is 17.9. The Hall–Kier alpha value is -2.73. The van der Waals surface area contributed by atoms with Crippen LogP contribution in [0.5, 0.6) is 5.75 Å². The molecule has 1 aliphatic rings. The van der Waals surface area contributed by atoms with Gasteiger partial charge in [0.1, 0.15) is 46.7 Å². The summed E-state index contributed by atoms with van der Waals surface area (Å²) in [6.45, 7) is 6.12. The summed E-state index contributed by atoms with van der Waals surface area (Å²) in [4.78, 5) is 19.3. The summed E-state index contributed by atoms with van der Waals surface area (Å²) < 4.78 is 38.0. The number of ether oxygens (including phenoxy) is 2. The van der Waals surface area contributed by atoms with Crippen molar-refractivity contribution in [3.63, 3.8) is 0 Å². The molecule has 206 valence electrons. The van der Waals surface area contributed by atoms with Gasteiger partial charge in [0.05, 0.1) is 18.1 Å². The number of benzene rings is 1. The van der Waals surface area contributed by atoms with Crippen molar-refractivity contribution in [3.05, 3.63) is 48.9 Å². The smallest absolute Gasteiger partial charge is 0.459 e. The van der Waals surface area contributed by atoms with E-state index in [1.165, 1.54) is 13.3 Å². The molecular formula is C24H31ClN5O7P. The van der Waals surface area contributed by atoms with Crippen LogP contribution in [0.25, 0.3) is 11.0 Å². The molecule has 3 aromatic rings. The van der Waals surface area contributed by atoms with Gasteiger partial charge in [-0.1, -0.05) is 18.2 Å². The number of nitrogens with two attached hydrogens (primary N) is 1. The van der Waals surface area contributed by atoms with E-state index in [2.05, 4.69) is 15.1 Å². The van der Waals surface area contributed by atoms with Crippen molar-refractivity contribution >= 4 is 42.2 Å². The predicted molar refractivity (Wildman–Crippen MR) is 141 cm³/mol. The summed E-state index contributed by atoms with van der Waals surface area (Å²) in [7, 11) is -4.17. The van der Waals surface area contributed by atoms with E-state index in [0.717, 1.165) is 0 Å². The summed E-state index contributed by atoms with van der Waals surface area (Å²) in [5.41, 5.74) is 6.42. The molecule has 1 aliphatic heterocycles. The van der Waals surface area contributed by atoms with Crippen LogP contribution in [0.1, 0.15) is 33.9 Å². The summed E-state index contributed by atoms with van der Waals surface area (Å²) in [5.74, 6) is -0.0952. The maximum atomic E-state index is 13.8. The molecule has 0 aliphatic carbocycles. The van der Waals surface area contributed by atoms with E-state index in [9.17, 15) is 14.5 Å². The lowest BCUT2D eigenvalue weighted by atomic mass is 10.0. The number of hydrogen-bond donors (Lipinski definition) is 3. The van der Waals surface area contributed by atoms with E-state index in [4.69, 9.17) is 35.9 Å². The van der Waals surface area contributed by atoms with Gasteiger partial charge in [0.2, 0.25) is 0 Å². The average Bonchev–Trinajstić information content (AvgIpc) is 3.37. The van der Waals surface area contributed by atoms with Crippen LogP contribution >= 0.6 is 19.3 Å². The number of hydrogen-bond acceptors (Lipinski definition) is 10. The van der Waals surface area contributed by atoms with Gasteiger partial charge in [-0.05, 0) is 45.9 Å². The fourth-order valence-corrected chi connectivity index (χ4v) is 5.84. The molecule has 4 rings (SSSR count). The Labute approximate surface area is 225 Å². The highest BCUT2D eigenvalue weighted by Crippen LogP contribution is 2.48. The molecule has 4 N–H and O–H groups in total. The minimum atomic E-state index is -4.17. The number of halogens is 1. The number of rotatable bonds is 10. The average molecular weight is 568 g/mol. The molecule has 1 aromatic carbocycles. The number of fused-ring (bicyclic) bond motifs is 1. The lowest BCUT2D eigenvalue weighted by Gasteiger charge is -2.27. The number of carbonyl (C=O) groups excluding carboxylic acids is 1. The summed E-state index contributed by atoms with van der Waals surface area (Å²) in [6.07, 6.45) is -0.482. The first kappa shape index (κ1) is 28.3. The van der Waals surface area contributed by atoms with E-state index in [0.29, 0.717) is 16.9 Å². The molecule has 12 nitrogen and oxygen atoms in total. The number of nitrogens with zero attached hydrogens (tertiary/aromatic N) is 3. The fourth-order valence-electron chi connectivity index (χ4n) is 4.04. The number of anilines is 1. The molecule has 0 saturated carbocycles. The highest BCUT2D eigenvalue weighted by atomic mass is 35.5. The van der Waals surface area contributed by atoms with Gasteiger partial charge >= 0.3 is 13.7 Å². The topological polar surface area (TPSA) is 160 Å². The van der Waals surface area contributed by atoms with Crippen LogP contribution in [-0.4, -0.2) is 61.4 Å². The molecule has 3 heterocycles. The van der Waals surface area contributed by atoms with E-state index in [-0.39, 0.29) is 18.5 Å². The monoisotopic (exact) mass is 567 g/mol. The molecule has 1 saturated heterocycles. The van der Waals surface area contributed by atoms with Crippen molar-refractivity contribution in [3.8, 4) is 5.75 Å². The van der Waals surface area contributed by atoms with Crippen LogP contribution < -0.4 is 15.3 Å².